The van der Waals surface area contributed by atoms with Crippen LogP contribution < -0.4 is 5.32 Å². The van der Waals surface area contributed by atoms with Gasteiger partial charge < -0.3 is 15.0 Å². The minimum atomic E-state index is 0.387. The van der Waals surface area contributed by atoms with E-state index in [0.717, 1.165) is 26.2 Å². The molecule has 0 amide bonds. The summed E-state index contributed by atoms with van der Waals surface area (Å²) in [5.41, 5.74) is 0.387. The highest BCUT2D eigenvalue weighted by atomic mass is 16.5. The molecule has 1 saturated heterocycles. The van der Waals surface area contributed by atoms with Crippen LogP contribution in [0.15, 0.2) is 0 Å². The van der Waals surface area contributed by atoms with Gasteiger partial charge in [0.2, 0.25) is 0 Å². The van der Waals surface area contributed by atoms with E-state index in [1.165, 1.54) is 32.2 Å². The quantitative estimate of drug-likeness (QED) is 0.686. The van der Waals surface area contributed by atoms with Gasteiger partial charge in [-0.2, -0.15) is 0 Å². The molecular formula is C15H32N2O. The molecule has 0 radical (unpaired) electrons. The zero-order valence-corrected chi connectivity index (χ0v) is 12.8. The monoisotopic (exact) mass is 256 g/mol. The number of rotatable bonds is 9. The van der Waals surface area contributed by atoms with Crippen molar-refractivity contribution in [3.05, 3.63) is 0 Å². The molecule has 2 unspecified atom stereocenters. The zero-order chi connectivity index (χ0) is 13.4. The lowest BCUT2D eigenvalue weighted by Gasteiger charge is -2.36. The molecule has 2 atom stereocenters. The Morgan fingerprint density at radius 3 is 2.67 bits per heavy atom. The topological polar surface area (TPSA) is 24.5 Å². The van der Waals surface area contributed by atoms with E-state index < -0.39 is 0 Å². The van der Waals surface area contributed by atoms with Gasteiger partial charge in [0.15, 0.2) is 0 Å². The van der Waals surface area contributed by atoms with Crippen molar-refractivity contribution < 1.29 is 4.74 Å². The third-order valence-corrected chi connectivity index (χ3v) is 4.00. The molecule has 3 heteroatoms. The van der Waals surface area contributed by atoms with Crippen molar-refractivity contribution in [3.63, 3.8) is 0 Å². The third kappa shape index (κ3) is 5.25. The lowest BCUT2D eigenvalue weighted by Crippen LogP contribution is -2.44. The van der Waals surface area contributed by atoms with Gasteiger partial charge >= 0.3 is 0 Å². The highest BCUT2D eigenvalue weighted by Gasteiger charge is 2.27. The van der Waals surface area contributed by atoms with Crippen LogP contribution in [0.25, 0.3) is 0 Å². The van der Waals surface area contributed by atoms with Gasteiger partial charge in [-0.15, -0.1) is 0 Å². The maximum atomic E-state index is 5.76. The summed E-state index contributed by atoms with van der Waals surface area (Å²) in [6, 6.07) is 0. The van der Waals surface area contributed by atoms with Crippen LogP contribution in [-0.2, 0) is 4.74 Å². The summed E-state index contributed by atoms with van der Waals surface area (Å²) in [5, 5.41) is 3.36. The molecule has 1 aliphatic heterocycles. The molecule has 0 saturated carbocycles. The van der Waals surface area contributed by atoms with Crippen LogP contribution in [0.4, 0.5) is 0 Å². The van der Waals surface area contributed by atoms with E-state index in [2.05, 4.69) is 38.0 Å². The number of likely N-dealkylation sites (N-methyl/N-ethyl adjacent to an activating group) is 1. The first-order valence-electron chi connectivity index (χ1n) is 7.62. The Hall–Kier alpha value is -0.120. The first-order valence-corrected chi connectivity index (χ1v) is 7.62. The van der Waals surface area contributed by atoms with Crippen molar-refractivity contribution in [2.45, 2.75) is 52.6 Å². The van der Waals surface area contributed by atoms with Gasteiger partial charge in [-0.05, 0) is 38.3 Å². The van der Waals surface area contributed by atoms with Gasteiger partial charge in [-0.25, -0.2) is 0 Å². The highest BCUT2D eigenvalue weighted by Crippen LogP contribution is 2.25. The molecule has 0 aromatic heterocycles. The van der Waals surface area contributed by atoms with Crippen LogP contribution in [0.5, 0.6) is 0 Å². The van der Waals surface area contributed by atoms with Gasteiger partial charge in [0.1, 0.15) is 0 Å². The maximum absolute atomic E-state index is 5.76. The second-order valence-corrected chi connectivity index (χ2v) is 6.05. The maximum Gasteiger partial charge on any atom is 0.0702 e. The molecule has 3 nitrogen and oxygen atoms in total. The van der Waals surface area contributed by atoms with Crippen molar-refractivity contribution in [1.29, 1.82) is 0 Å². The number of ether oxygens (including phenoxy) is 1. The molecule has 1 heterocycles. The molecular weight excluding hydrogens is 224 g/mol. The van der Waals surface area contributed by atoms with Crippen LogP contribution >= 0.6 is 0 Å². The highest BCUT2D eigenvalue weighted by molar-refractivity contribution is 4.81. The predicted molar refractivity (Wildman–Crippen MR) is 78.0 cm³/mol. The summed E-state index contributed by atoms with van der Waals surface area (Å²) in [6.45, 7) is 12.4. The van der Waals surface area contributed by atoms with E-state index in [9.17, 15) is 0 Å². The fourth-order valence-electron chi connectivity index (χ4n) is 3.18. The van der Waals surface area contributed by atoms with E-state index in [0.29, 0.717) is 11.5 Å². The second kappa shape index (κ2) is 8.13. The average molecular weight is 256 g/mol. The average Bonchev–Trinajstić information content (AvgIpc) is 2.81. The smallest absolute Gasteiger partial charge is 0.0702 e. The van der Waals surface area contributed by atoms with Crippen molar-refractivity contribution in [2.75, 3.05) is 39.8 Å². The molecule has 108 valence electrons. The minimum Gasteiger partial charge on any atom is -0.377 e. The Bertz CT molecular complexity index is 209. The van der Waals surface area contributed by atoms with E-state index in [-0.39, 0.29) is 0 Å². The zero-order valence-electron chi connectivity index (χ0n) is 12.8. The second-order valence-electron chi connectivity index (χ2n) is 6.05. The van der Waals surface area contributed by atoms with E-state index >= 15 is 0 Å². The number of hydrogen-bond acceptors (Lipinski definition) is 3. The molecule has 0 spiro atoms. The molecule has 0 aliphatic carbocycles. The normalized spacial score (nSPS) is 23.5. The molecule has 0 aromatic rings. The first-order chi connectivity index (χ1) is 8.63. The largest absolute Gasteiger partial charge is 0.377 e. The molecule has 0 bridgehead atoms. The predicted octanol–water partition coefficient (Wildman–Crippen LogP) is 2.51. The molecule has 1 fully saturated rings. The number of nitrogens with zero attached hydrogens (tertiary/aromatic N) is 1. The summed E-state index contributed by atoms with van der Waals surface area (Å²) in [7, 11) is 2.06. The fraction of sp³-hybridized carbons (Fsp3) is 1.00. The van der Waals surface area contributed by atoms with Crippen LogP contribution in [0.2, 0.25) is 0 Å². The molecule has 1 aliphatic rings. The number of nitrogens with one attached hydrogen (secondary N) is 1. The van der Waals surface area contributed by atoms with E-state index in [1.807, 2.05) is 0 Å². The van der Waals surface area contributed by atoms with Crippen LogP contribution in [0.3, 0.4) is 0 Å². The summed E-state index contributed by atoms with van der Waals surface area (Å²) in [4.78, 5) is 2.57. The first kappa shape index (κ1) is 15.9. The molecule has 1 N–H and O–H groups in total. The van der Waals surface area contributed by atoms with E-state index in [1.54, 1.807) is 0 Å². The summed E-state index contributed by atoms with van der Waals surface area (Å²) in [5.74, 6) is 0. The summed E-state index contributed by atoms with van der Waals surface area (Å²) < 4.78 is 5.76. The van der Waals surface area contributed by atoms with Crippen LogP contribution in [0.1, 0.15) is 46.5 Å². The van der Waals surface area contributed by atoms with Crippen molar-refractivity contribution in [3.8, 4) is 0 Å². The van der Waals surface area contributed by atoms with Gasteiger partial charge in [0.25, 0.3) is 0 Å². The van der Waals surface area contributed by atoms with Crippen molar-refractivity contribution in [2.24, 2.45) is 5.41 Å². The Morgan fingerprint density at radius 2 is 2.17 bits per heavy atom. The van der Waals surface area contributed by atoms with E-state index in [4.69, 9.17) is 4.74 Å². The Balaban J connectivity index is 2.46. The molecule has 0 aromatic carbocycles. The van der Waals surface area contributed by atoms with Crippen molar-refractivity contribution >= 4 is 0 Å². The van der Waals surface area contributed by atoms with Crippen LogP contribution in [0, 0.1) is 5.41 Å². The molecule has 18 heavy (non-hydrogen) atoms. The SMILES string of the molecule is CCCC(C)(CNC)CN(CC)CC1CCCO1. The standard InChI is InChI=1S/C15H32N2O/c1-5-9-15(3,12-16-4)13-17(6-2)11-14-8-7-10-18-14/h14,16H,5-13H2,1-4H3. The summed E-state index contributed by atoms with van der Waals surface area (Å²) in [6.07, 6.45) is 5.51. The van der Waals surface area contributed by atoms with Gasteiger partial charge in [0.05, 0.1) is 6.10 Å². The minimum absolute atomic E-state index is 0.387. The Labute approximate surface area is 113 Å². The number of hydrogen-bond donors (Lipinski definition) is 1. The van der Waals surface area contributed by atoms with Crippen LogP contribution in [-0.4, -0.2) is 50.8 Å². The fourth-order valence-corrected chi connectivity index (χ4v) is 3.18. The summed E-state index contributed by atoms with van der Waals surface area (Å²) >= 11 is 0. The Morgan fingerprint density at radius 1 is 1.39 bits per heavy atom. The van der Waals surface area contributed by atoms with Gasteiger partial charge in [-0.1, -0.05) is 27.2 Å². The Kier molecular flexibility index (Phi) is 7.20. The van der Waals surface area contributed by atoms with Crippen molar-refractivity contribution in [1.82, 2.24) is 10.2 Å². The lowest BCUT2D eigenvalue weighted by molar-refractivity contribution is 0.0570. The van der Waals surface area contributed by atoms with Gasteiger partial charge in [-0.3, -0.25) is 0 Å². The third-order valence-electron chi connectivity index (χ3n) is 4.00. The molecule has 1 rings (SSSR count). The lowest BCUT2D eigenvalue weighted by atomic mass is 9.84. The van der Waals surface area contributed by atoms with Gasteiger partial charge in [0, 0.05) is 26.2 Å².